The largest absolute Gasteiger partial charge is 0.348 e. The van der Waals surface area contributed by atoms with Crippen molar-refractivity contribution in [3.8, 4) is 0 Å². The molecule has 0 unspecified atom stereocenters. The molecule has 1 aromatic heterocycles. The summed E-state index contributed by atoms with van der Waals surface area (Å²) in [6.07, 6.45) is 0. The molecule has 1 N–H and O–H groups in total. The first-order chi connectivity index (χ1) is 13.6. The molecule has 0 fully saturated rings. The van der Waals surface area contributed by atoms with Crippen molar-refractivity contribution in [1.29, 1.82) is 0 Å². The number of hydrogen-bond donors (Lipinski definition) is 1. The van der Waals surface area contributed by atoms with Crippen LogP contribution >= 0.6 is 0 Å². The summed E-state index contributed by atoms with van der Waals surface area (Å²) in [5, 5.41) is 4.15. The third-order valence-electron chi connectivity index (χ3n) is 5.38. The SMILES string of the molecule is Cc1c(C)n(Cc2ccccc2)c2ccc(C(=O)NCc3ccccc3)cc12. The maximum absolute atomic E-state index is 12.6. The van der Waals surface area contributed by atoms with E-state index in [0.717, 1.165) is 17.5 Å². The predicted octanol–water partition coefficient (Wildman–Crippen LogP) is 5.24. The van der Waals surface area contributed by atoms with Crippen molar-refractivity contribution in [3.05, 3.63) is 107 Å². The Morgan fingerprint density at radius 1 is 0.857 bits per heavy atom. The Hall–Kier alpha value is -3.33. The molecule has 0 saturated carbocycles. The minimum Gasteiger partial charge on any atom is -0.348 e. The van der Waals surface area contributed by atoms with Crippen molar-refractivity contribution < 1.29 is 4.79 Å². The summed E-state index contributed by atoms with van der Waals surface area (Å²) in [5.41, 5.74) is 6.69. The van der Waals surface area contributed by atoms with Crippen LogP contribution in [-0.4, -0.2) is 10.5 Å². The molecule has 0 spiro atoms. The van der Waals surface area contributed by atoms with E-state index >= 15 is 0 Å². The number of rotatable bonds is 5. The molecular formula is C25H24N2O. The first-order valence-corrected chi connectivity index (χ1v) is 9.59. The van der Waals surface area contributed by atoms with E-state index < -0.39 is 0 Å². The summed E-state index contributed by atoms with van der Waals surface area (Å²) >= 11 is 0. The minimum absolute atomic E-state index is 0.0429. The van der Waals surface area contributed by atoms with Crippen molar-refractivity contribution in [2.45, 2.75) is 26.9 Å². The third kappa shape index (κ3) is 3.56. The average molecular weight is 368 g/mol. The highest BCUT2D eigenvalue weighted by Crippen LogP contribution is 2.27. The number of carbonyl (C=O) groups is 1. The number of hydrogen-bond acceptors (Lipinski definition) is 1. The molecule has 0 radical (unpaired) electrons. The highest BCUT2D eigenvalue weighted by Gasteiger charge is 2.14. The lowest BCUT2D eigenvalue weighted by Gasteiger charge is -2.09. The molecule has 0 bridgehead atoms. The first-order valence-electron chi connectivity index (χ1n) is 9.59. The van der Waals surface area contributed by atoms with Gasteiger partial charge in [0.1, 0.15) is 0 Å². The molecular weight excluding hydrogens is 344 g/mol. The van der Waals surface area contributed by atoms with Crippen molar-refractivity contribution in [3.63, 3.8) is 0 Å². The molecule has 0 atom stereocenters. The fraction of sp³-hybridized carbons (Fsp3) is 0.160. The number of nitrogens with one attached hydrogen (secondary N) is 1. The van der Waals surface area contributed by atoms with E-state index in [-0.39, 0.29) is 5.91 Å². The Bertz CT molecular complexity index is 1110. The van der Waals surface area contributed by atoms with Gasteiger partial charge in [-0.2, -0.15) is 0 Å². The molecule has 1 heterocycles. The number of fused-ring (bicyclic) bond motifs is 1. The van der Waals surface area contributed by atoms with Gasteiger partial charge in [0.05, 0.1) is 0 Å². The zero-order chi connectivity index (χ0) is 19.5. The van der Waals surface area contributed by atoms with Crippen LogP contribution in [0.1, 0.15) is 32.7 Å². The van der Waals surface area contributed by atoms with E-state index in [9.17, 15) is 4.79 Å². The summed E-state index contributed by atoms with van der Waals surface area (Å²) in [4.78, 5) is 12.6. The molecule has 0 aliphatic carbocycles. The van der Waals surface area contributed by atoms with Gasteiger partial charge in [-0.05, 0) is 48.7 Å². The van der Waals surface area contributed by atoms with Gasteiger partial charge in [0.15, 0.2) is 0 Å². The second-order valence-electron chi connectivity index (χ2n) is 7.18. The van der Waals surface area contributed by atoms with E-state index in [4.69, 9.17) is 0 Å². The van der Waals surface area contributed by atoms with E-state index in [1.54, 1.807) is 0 Å². The number of aromatic nitrogens is 1. The summed E-state index contributed by atoms with van der Waals surface area (Å²) in [6.45, 7) is 5.64. The van der Waals surface area contributed by atoms with E-state index in [2.05, 4.69) is 54.1 Å². The molecule has 140 valence electrons. The quantitative estimate of drug-likeness (QED) is 0.514. The lowest BCUT2D eigenvalue weighted by Crippen LogP contribution is -2.22. The number of carbonyl (C=O) groups excluding carboxylic acids is 1. The van der Waals surface area contributed by atoms with Crippen LogP contribution in [0.15, 0.2) is 78.9 Å². The molecule has 0 aliphatic heterocycles. The van der Waals surface area contributed by atoms with Crippen molar-refractivity contribution in [1.82, 2.24) is 9.88 Å². The smallest absolute Gasteiger partial charge is 0.251 e. The standard InChI is InChI=1S/C25H24N2O/c1-18-19(2)27(17-21-11-7-4-8-12-21)24-14-13-22(15-23(18)24)25(28)26-16-20-9-5-3-6-10-20/h3-15H,16-17H2,1-2H3,(H,26,28). The molecule has 0 saturated heterocycles. The van der Waals surface area contributed by atoms with Crippen LogP contribution < -0.4 is 5.32 Å². The summed E-state index contributed by atoms with van der Waals surface area (Å²) in [5.74, 6) is -0.0429. The molecule has 3 heteroatoms. The van der Waals surface area contributed by atoms with E-state index in [0.29, 0.717) is 12.1 Å². The van der Waals surface area contributed by atoms with Crippen LogP contribution in [0.25, 0.3) is 10.9 Å². The van der Waals surface area contributed by atoms with Gasteiger partial charge in [-0.1, -0.05) is 60.7 Å². The van der Waals surface area contributed by atoms with Crippen LogP contribution in [0.2, 0.25) is 0 Å². The number of nitrogens with zero attached hydrogens (tertiary/aromatic N) is 1. The maximum atomic E-state index is 12.6. The normalized spacial score (nSPS) is 10.9. The Labute approximate surface area is 165 Å². The van der Waals surface area contributed by atoms with Crippen molar-refractivity contribution in [2.24, 2.45) is 0 Å². The van der Waals surface area contributed by atoms with Crippen LogP contribution in [-0.2, 0) is 13.1 Å². The van der Waals surface area contributed by atoms with Crippen LogP contribution in [0.4, 0.5) is 0 Å². The second kappa shape index (κ2) is 7.73. The average Bonchev–Trinajstić information content (AvgIpc) is 2.98. The number of benzene rings is 3. The highest BCUT2D eigenvalue weighted by molar-refractivity contribution is 5.99. The molecule has 3 nitrogen and oxygen atoms in total. The molecule has 28 heavy (non-hydrogen) atoms. The van der Waals surface area contributed by atoms with Crippen molar-refractivity contribution in [2.75, 3.05) is 0 Å². The topological polar surface area (TPSA) is 34.0 Å². The zero-order valence-corrected chi connectivity index (χ0v) is 16.3. The van der Waals surface area contributed by atoms with Gasteiger partial charge in [-0.3, -0.25) is 4.79 Å². The minimum atomic E-state index is -0.0429. The van der Waals surface area contributed by atoms with Gasteiger partial charge < -0.3 is 9.88 Å². The van der Waals surface area contributed by atoms with Gasteiger partial charge in [0.25, 0.3) is 5.91 Å². The van der Waals surface area contributed by atoms with Crippen LogP contribution in [0.5, 0.6) is 0 Å². The van der Waals surface area contributed by atoms with Gasteiger partial charge in [0, 0.05) is 35.2 Å². The monoisotopic (exact) mass is 368 g/mol. The predicted molar refractivity (Wildman–Crippen MR) is 115 cm³/mol. The lowest BCUT2D eigenvalue weighted by atomic mass is 10.1. The van der Waals surface area contributed by atoms with Crippen LogP contribution in [0.3, 0.4) is 0 Å². The summed E-state index contributed by atoms with van der Waals surface area (Å²) < 4.78 is 2.33. The van der Waals surface area contributed by atoms with Gasteiger partial charge in [-0.25, -0.2) is 0 Å². The van der Waals surface area contributed by atoms with E-state index in [1.165, 1.54) is 22.3 Å². The van der Waals surface area contributed by atoms with Gasteiger partial charge >= 0.3 is 0 Å². The molecule has 4 rings (SSSR count). The highest BCUT2D eigenvalue weighted by atomic mass is 16.1. The Morgan fingerprint density at radius 3 is 2.18 bits per heavy atom. The number of aryl methyl sites for hydroxylation is 1. The Morgan fingerprint density at radius 2 is 1.50 bits per heavy atom. The summed E-state index contributed by atoms with van der Waals surface area (Å²) in [7, 11) is 0. The van der Waals surface area contributed by atoms with Crippen molar-refractivity contribution >= 4 is 16.8 Å². The fourth-order valence-corrected chi connectivity index (χ4v) is 3.64. The Kier molecular flexibility index (Phi) is 4.98. The molecule has 1 amide bonds. The van der Waals surface area contributed by atoms with Gasteiger partial charge in [0.2, 0.25) is 0 Å². The zero-order valence-electron chi connectivity index (χ0n) is 16.3. The number of amides is 1. The second-order valence-corrected chi connectivity index (χ2v) is 7.18. The molecule has 3 aromatic carbocycles. The molecule has 0 aliphatic rings. The lowest BCUT2D eigenvalue weighted by molar-refractivity contribution is 0.0951. The third-order valence-corrected chi connectivity index (χ3v) is 5.38. The molecule has 4 aromatic rings. The maximum Gasteiger partial charge on any atom is 0.251 e. The summed E-state index contributed by atoms with van der Waals surface area (Å²) in [6, 6.07) is 26.4. The first kappa shape index (κ1) is 18.1. The fourth-order valence-electron chi connectivity index (χ4n) is 3.64. The van der Waals surface area contributed by atoms with Gasteiger partial charge in [-0.15, -0.1) is 0 Å². The Balaban J connectivity index is 1.60. The van der Waals surface area contributed by atoms with E-state index in [1.807, 2.05) is 48.5 Å². The van der Waals surface area contributed by atoms with Crippen LogP contribution in [0, 0.1) is 13.8 Å².